The van der Waals surface area contributed by atoms with E-state index in [4.69, 9.17) is 0 Å². The van der Waals surface area contributed by atoms with Gasteiger partial charge in [-0.1, -0.05) is 60.7 Å². The zero-order valence-electron chi connectivity index (χ0n) is 15.0. The molecule has 0 unspecified atom stereocenters. The Hall–Kier alpha value is -2.25. The smallest absolute Gasteiger partial charge is 0.0558 e. The summed E-state index contributed by atoms with van der Waals surface area (Å²) in [7, 11) is 0. The molecular formula is C25H20S. The van der Waals surface area contributed by atoms with E-state index in [9.17, 15) is 0 Å². The van der Waals surface area contributed by atoms with Crippen LogP contribution in [0.15, 0.2) is 72.8 Å². The summed E-state index contributed by atoms with van der Waals surface area (Å²) in [6.07, 6.45) is 0. The molecule has 3 aliphatic rings. The molecule has 7 rings (SSSR count). The highest BCUT2D eigenvalue weighted by molar-refractivity contribution is 8.01. The quantitative estimate of drug-likeness (QED) is 0.326. The molecule has 1 aliphatic carbocycles. The predicted octanol–water partition coefficient (Wildman–Crippen LogP) is 7.05. The largest absolute Gasteiger partial charge is 0.142 e. The van der Waals surface area contributed by atoms with Gasteiger partial charge in [-0.3, -0.25) is 0 Å². The summed E-state index contributed by atoms with van der Waals surface area (Å²) in [5.74, 6) is 0.455. The molecule has 1 heteroatoms. The third kappa shape index (κ3) is 1.87. The van der Waals surface area contributed by atoms with Gasteiger partial charge in [0.05, 0.1) is 5.25 Å². The van der Waals surface area contributed by atoms with Crippen LogP contribution in [-0.4, -0.2) is 4.75 Å². The molecule has 4 aromatic rings. The van der Waals surface area contributed by atoms with Crippen molar-refractivity contribution in [3.8, 4) is 0 Å². The molecular weight excluding hydrogens is 332 g/mol. The van der Waals surface area contributed by atoms with Crippen LogP contribution in [0, 0.1) is 0 Å². The fourth-order valence-electron chi connectivity index (χ4n) is 5.09. The normalized spacial score (nSPS) is 22.4. The van der Waals surface area contributed by atoms with E-state index in [0.29, 0.717) is 11.2 Å². The summed E-state index contributed by atoms with van der Waals surface area (Å²) in [6, 6.07) is 27.4. The van der Waals surface area contributed by atoms with Gasteiger partial charge < -0.3 is 0 Å². The van der Waals surface area contributed by atoms with Gasteiger partial charge in [0.15, 0.2) is 0 Å². The fraction of sp³-hybridized carbons (Fsp3) is 0.200. The first-order valence-electron chi connectivity index (χ1n) is 9.35. The van der Waals surface area contributed by atoms with Gasteiger partial charge in [0.2, 0.25) is 0 Å². The molecule has 0 saturated carbocycles. The summed E-state index contributed by atoms with van der Waals surface area (Å²) in [4.78, 5) is 0. The minimum atomic E-state index is 0.218. The van der Waals surface area contributed by atoms with Crippen molar-refractivity contribution < 1.29 is 0 Å². The maximum atomic E-state index is 2.46. The highest BCUT2D eigenvalue weighted by Gasteiger charge is 2.48. The molecule has 0 radical (unpaired) electrons. The van der Waals surface area contributed by atoms with Gasteiger partial charge >= 0.3 is 0 Å². The average Bonchev–Trinajstić information content (AvgIpc) is 2.64. The Morgan fingerprint density at radius 2 is 1.00 bits per heavy atom. The second kappa shape index (κ2) is 4.92. The Morgan fingerprint density at radius 3 is 1.42 bits per heavy atom. The van der Waals surface area contributed by atoms with E-state index < -0.39 is 0 Å². The van der Waals surface area contributed by atoms with E-state index in [2.05, 4.69) is 98.4 Å². The van der Waals surface area contributed by atoms with E-state index in [1.54, 1.807) is 11.1 Å². The lowest BCUT2D eigenvalue weighted by atomic mass is 9.70. The topological polar surface area (TPSA) is 0 Å². The van der Waals surface area contributed by atoms with Crippen LogP contribution in [0.5, 0.6) is 0 Å². The fourth-order valence-corrected chi connectivity index (χ4v) is 6.75. The van der Waals surface area contributed by atoms with Crippen molar-refractivity contribution in [1.82, 2.24) is 0 Å². The van der Waals surface area contributed by atoms with Gasteiger partial charge in [0, 0.05) is 10.7 Å². The molecule has 4 aromatic carbocycles. The van der Waals surface area contributed by atoms with E-state index in [1.165, 1.54) is 32.7 Å². The predicted molar refractivity (Wildman–Crippen MR) is 113 cm³/mol. The number of thioether (sulfide) groups is 1. The Morgan fingerprint density at radius 1 is 0.615 bits per heavy atom. The minimum absolute atomic E-state index is 0.218. The standard InChI is InChI=1S/C25H20S/c1-25(2)23-19-11-15-7-3-5-9-17(15)13-21(19)24(26-25)22-14-18-10-6-4-8-16(18)12-20(22)23/h3-14,23-24H,1-2H3. The van der Waals surface area contributed by atoms with E-state index >= 15 is 0 Å². The van der Waals surface area contributed by atoms with Gasteiger partial charge in [-0.15, -0.1) is 11.8 Å². The summed E-state index contributed by atoms with van der Waals surface area (Å²) in [5, 5.41) is 5.89. The van der Waals surface area contributed by atoms with Gasteiger partial charge in [-0.25, -0.2) is 0 Å². The number of rotatable bonds is 0. The molecule has 2 aliphatic heterocycles. The minimum Gasteiger partial charge on any atom is -0.142 e. The highest BCUT2D eigenvalue weighted by Crippen LogP contribution is 2.64. The van der Waals surface area contributed by atoms with Crippen molar-refractivity contribution >= 4 is 33.3 Å². The summed E-state index contributed by atoms with van der Waals surface area (Å²) in [5.41, 5.74) is 6.14. The monoisotopic (exact) mass is 352 g/mol. The lowest BCUT2D eigenvalue weighted by Gasteiger charge is -2.50. The van der Waals surface area contributed by atoms with Gasteiger partial charge in [0.25, 0.3) is 0 Å². The number of hydrogen-bond donors (Lipinski definition) is 0. The number of fused-ring (bicyclic) bond motifs is 3. The number of hydrogen-bond acceptors (Lipinski definition) is 1. The number of benzene rings is 4. The van der Waals surface area contributed by atoms with Crippen LogP contribution in [-0.2, 0) is 0 Å². The summed E-state index contributed by atoms with van der Waals surface area (Å²) >= 11 is 2.14. The molecule has 26 heavy (non-hydrogen) atoms. The molecule has 2 heterocycles. The van der Waals surface area contributed by atoms with Crippen molar-refractivity contribution in [2.24, 2.45) is 0 Å². The molecule has 2 bridgehead atoms. The first-order chi connectivity index (χ1) is 12.6. The van der Waals surface area contributed by atoms with Crippen molar-refractivity contribution in [3.63, 3.8) is 0 Å². The van der Waals surface area contributed by atoms with Crippen LogP contribution in [0.2, 0.25) is 0 Å². The van der Waals surface area contributed by atoms with Crippen LogP contribution >= 0.6 is 11.8 Å². The Kier molecular flexibility index (Phi) is 2.82. The lowest BCUT2D eigenvalue weighted by molar-refractivity contribution is 0.576. The second-order valence-electron chi connectivity index (χ2n) is 8.19. The molecule has 126 valence electrons. The first kappa shape index (κ1) is 14.9. The Labute approximate surface area is 158 Å². The van der Waals surface area contributed by atoms with Gasteiger partial charge in [-0.2, -0.15) is 0 Å². The summed E-state index contributed by atoms with van der Waals surface area (Å²) in [6.45, 7) is 4.84. The van der Waals surface area contributed by atoms with Crippen LogP contribution in [0.4, 0.5) is 0 Å². The molecule has 0 fully saturated rings. The third-order valence-electron chi connectivity index (χ3n) is 6.21. The van der Waals surface area contributed by atoms with Crippen LogP contribution in [0.3, 0.4) is 0 Å². The van der Waals surface area contributed by atoms with Crippen LogP contribution in [0.25, 0.3) is 21.5 Å². The van der Waals surface area contributed by atoms with E-state index in [0.717, 1.165) is 0 Å². The van der Waals surface area contributed by atoms with Crippen LogP contribution in [0.1, 0.15) is 47.3 Å². The Bertz CT molecular complexity index is 1110. The molecule has 0 nitrogen and oxygen atoms in total. The Balaban J connectivity index is 1.71. The van der Waals surface area contributed by atoms with E-state index in [-0.39, 0.29) is 4.75 Å². The highest BCUT2D eigenvalue weighted by atomic mass is 32.2. The van der Waals surface area contributed by atoms with Crippen molar-refractivity contribution in [3.05, 3.63) is 95.1 Å². The van der Waals surface area contributed by atoms with Crippen molar-refractivity contribution in [1.29, 1.82) is 0 Å². The SMILES string of the molecule is CC1(C)SC2c3cc4ccccc4cc3C1c1cc3ccccc3cc12. The zero-order chi connectivity index (χ0) is 17.5. The lowest BCUT2D eigenvalue weighted by Crippen LogP contribution is -2.38. The van der Waals surface area contributed by atoms with Crippen molar-refractivity contribution in [2.45, 2.75) is 29.8 Å². The van der Waals surface area contributed by atoms with E-state index in [1.807, 2.05) is 0 Å². The molecule has 0 N–H and O–H groups in total. The molecule has 0 aromatic heterocycles. The summed E-state index contributed by atoms with van der Waals surface area (Å²) < 4.78 is 0.218. The van der Waals surface area contributed by atoms with Crippen molar-refractivity contribution in [2.75, 3.05) is 0 Å². The third-order valence-corrected chi connectivity index (χ3v) is 7.79. The van der Waals surface area contributed by atoms with Gasteiger partial charge in [0.1, 0.15) is 0 Å². The molecule has 0 amide bonds. The zero-order valence-corrected chi connectivity index (χ0v) is 15.8. The van der Waals surface area contributed by atoms with Gasteiger partial charge in [-0.05, 0) is 69.8 Å². The second-order valence-corrected chi connectivity index (χ2v) is 9.95. The maximum absolute atomic E-state index is 2.46. The average molecular weight is 353 g/mol. The maximum Gasteiger partial charge on any atom is 0.0558 e. The molecule has 0 atom stereocenters. The molecule has 0 saturated heterocycles. The molecule has 0 spiro atoms. The first-order valence-corrected chi connectivity index (χ1v) is 10.2. The van der Waals surface area contributed by atoms with Crippen LogP contribution < -0.4 is 0 Å².